The first-order chi connectivity index (χ1) is 10.7. The van der Waals surface area contributed by atoms with Crippen molar-refractivity contribution >= 4 is 0 Å². The Hall–Kier alpha value is -1.92. The summed E-state index contributed by atoms with van der Waals surface area (Å²) in [5.41, 5.74) is 0.999. The molecular weight excluding hydrogens is 290 g/mol. The quantitative estimate of drug-likeness (QED) is 0.921. The van der Waals surface area contributed by atoms with Crippen LogP contribution in [0, 0.1) is 0 Å². The molecule has 4 nitrogen and oxygen atoms in total. The molecule has 0 bridgehead atoms. The van der Waals surface area contributed by atoms with Crippen molar-refractivity contribution in [2.24, 2.45) is 0 Å². The third kappa shape index (κ3) is 3.45. The van der Waals surface area contributed by atoms with E-state index in [1.54, 1.807) is 18.4 Å². The highest BCUT2D eigenvalue weighted by Crippen LogP contribution is 2.30. The number of rotatable bonds is 5. The van der Waals surface area contributed by atoms with Crippen LogP contribution in [0.3, 0.4) is 0 Å². The lowest BCUT2D eigenvalue weighted by molar-refractivity contribution is -0.0498. The predicted octanol–water partition coefficient (Wildman–Crippen LogP) is 2.88. The molecule has 1 saturated heterocycles. The Morgan fingerprint density at radius 2 is 1.82 bits per heavy atom. The van der Waals surface area contributed by atoms with Gasteiger partial charge in [-0.3, -0.25) is 4.90 Å². The second kappa shape index (κ2) is 6.89. The van der Waals surface area contributed by atoms with Crippen molar-refractivity contribution in [2.75, 3.05) is 26.2 Å². The van der Waals surface area contributed by atoms with Crippen LogP contribution < -0.4 is 10.1 Å². The molecule has 2 aromatic rings. The van der Waals surface area contributed by atoms with Gasteiger partial charge < -0.3 is 14.5 Å². The number of ether oxygens (including phenoxy) is 1. The topological polar surface area (TPSA) is 37.6 Å². The standard InChI is InChI=1S/C16H18F2N2O2/c17-16(18)22-13-5-3-12(4-6-13)15(14-2-1-11-21-14)20-9-7-19-8-10-20/h1-6,11,15-16,19H,7-10H2/t15-/m0/s1. The summed E-state index contributed by atoms with van der Waals surface area (Å²) in [4.78, 5) is 2.32. The molecule has 0 spiro atoms. The molecule has 1 fully saturated rings. The molecule has 0 amide bonds. The molecule has 0 radical (unpaired) electrons. The first-order valence-corrected chi connectivity index (χ1v) is 7.27. The lowest BCUT2D eigenvalue weighted by atomic mass is 10.0. The Balaban J connectivity index is 1.85. The van der Waals surface area contributed by atoms with Crippen molar-refractivity contribution in [2.45, 2.75) is 12.7 Å². The Kier molecular flexibility index (Phi) is 4.70. The molecule has 0 unspecified atom stereocenters. The van der Waals surface area contributed by atoms with Crippen LogP contribution in [0.1, 0.15) is 17.4 Å². The molecule has 0 saturated carbocycles. The van der Waals surface area contributed by atoms with Crippen LogP contribution >= 0.6 is 0 Å². The molecule has 0 aliphatic carbocycles. The summed E-state index contributed by atoms with van der Waals surface area (Å²) in [5, 5.41) is 3.32. The number of hydrogen-bond acceptors (Lipinski definition) is 4. The van der Waals surface area contributed by atoms with Gasteiger partial charge in [-0.15, -0.1) is 0 Å². The van der Waals surface area contributed by atoms with E-state index in [0.29, 0.717) is 0 Å². The van der Waals surface area contributed by atoms with Gasteiger partial charge in [0.1, 0.15) is 11.5 Å². The highest BCUT2D eigenvalue weighted by atomic mass is 19.3. The van der Waals surface area contributed by atoms with E-state index in [2.05, 4.69) is 15.0 Å². The van der Waals surface area contributed by atoms with Gasteiger partial charge in [0.25, 0.3) is 0 Å². The van der Waals surface area contributed by atoms with Gasteiger partial charge in [0, 0.05) is 26.2 Å². The van der Waals surface area contributed by atoms with E-state index in [4.69, 9.17) is 4.42 Å². The minimum Gasteiger partial charge on any atom is -0.467 e. The molecule has 1 aromatic carbocycles. The number of hydrogen-bond donors (Lipinski definition) is 1. The fourth-order valence-corrected chi connectivity index (χ4v) is 2.77. The Bertz CT molecular complexity index is 566. The van der Waals surface area contributed by atoms with E-state index in [1.807, 2.05) is 24.3 Å². The van der Waals surface area contributed by atoms with Crippen LogP contribution in [0.2, 0.25) is 0 Å². The Morgan fingerprint density at radius 1 is 1.09 bits per heavy atom. The third-order valence-electron chi connectivity index (χ3n) is 3.75. The molecule has 1 N–H and O–H groups in total. The van der Waals surface area contributed by atoms with Crippen LogP contribution in [-0.4, -0.2) is 37.7 Å². The number of nitrogens with zero attached hydrogens (tertiary/aromatic N) is 1. The van der Waals surface area contributed by atoms with Crippen molar-refractivity contribution in [1.82, 2.24) is 10.2 Å². The normalized spacial score (nSPS) is 17.6. The zero-order valence-corrected chi connectivity index (χ0v) is 12.0. The maximum atomic E-state index is 12.2. The number of benzene rings is 1. The maximum absolute atomic E-state index is 12.2. The summed E-state index contributed by atoms with van der Waals surface area (Å²) in [5.74, 6) is 1.02. The molecule has 1 aliphatic heterocycles. The van der Waals surface area contributed by atoms with Gasteiger partial charge in [0.15, 0.2) is 0 Å². The second-order valence-electron chi connectivity index (χ2n) is 5.15. The number of furan rings is 1. The highest BCUT2D eigenvalue weighted by molar-refractivity contribution is 5.33. The zero-order chi connectivity index (χ0) is 15.4. The van der Waals surface area contributed by atoms with Crippen molar-refractivity contribution in [3.05, 3.63) is 54.0 Å². The maximum Gasteiger partial charge on any atom is 0.387 e. The van der Waals surface area contributed by atoms with E-state index in [-0.39, 0.29) is 11.8 Å². The summed E-state index contributed by atoms with van der Waals surface area (Å²) >= 11 is 0. The number of nitrogens with one attached hydrogen (secondary N) is 1. The molecule has 118 valence electrons. The van der Waals surface area contributed by atoms with Gasteiger partial charge in [0.2, 0.25) is 0 Å². The highest BCUT2D eigenvalue weighted by Gasteiger charge is 2.26. The molecule has 2 heterocycles. The van der Waals surface area contributed by atoms with Gasteiger partial charge in [-0.05, 0) is 29.8 Å². The van der Waals surface area contributed by atoms with Crippen molar-refractivity contribution < 1.29 is 17.9 Å². The molecule has 6 heteroatoms. The SMILES string of the molecule is FC(F)Oc1ccc([C@@H](c2ccco2)N2CCNCC2)cc1. The van der Waals surface area contributed by atoms with Gasteiger partial charge in [-0.1, -0.05) is 12.1 Å². The van der Waals surface area contributed by atoms with Gasteiger partial charge in [-0.2, -0.15) is 8.78 Å². The van der Waals surface area contributed by atoms with E-state index in [0.717, 1.165) is 37.5 Å². The summed E-state index contributed by atoms with van der Waals surface area (Å²) in [6.07, 6.45) is 1.65. The third-order valence-corrected chi connectivity index (χ3v) is 3.75. The summed E-state index contributed by atoms with van der Waals surface area (Å²) in [6, 6.07) is 10.5. The first-order valence-electron chi connectivity index (χ1n) is 7.27. The van der Waals surface area contributed by atoms with E-state index in [1.165, 1.54) is 0 Å². The lowest BCUT2D eigenvalue weighted by Gasteiger charge is -2.34. The van der Waals surface area contributed by atoms with Crippen molar-refractivity contribution in [3.63, 3.8) is 0 Å². The summed E-state index contributed by atoms with van der Waals surface area (Å²) in [6.45, 7) is 0.842. The lowest BCUT2D eigenvalue weighted by Crippen LogP contribution is -2.45. The van der Waals surface area contributed by atoms with Crippen LogP contribution in [0.15, 0.2) is 47.1 Å². The largest absolute Gasteiger partial charge is 0.467 e. The van der Waals surface area contributed by atoms with Gasteiger partial charge in [-0.25, -0.2) is 0 Å². The van der Waals surface area contributed by atoms with Gasteiger partial charge in [0.05, 0.1) is 12.3 Å². The minimum atomic E-state index is -2.81. The average Bonchev–Trinajstić information content (AvgIpc) is 3.04. The van der Waals surface area contributed by atoms with Crippen molar-refractivity contribution in [1.29, 1.82) is 0 Å². The van der Waals surface area contributed by atoms with Crippen LogP contribution in [0.4, 0.5) is 8.78 Å². The monoisotopic (exact) mass is 308 g/mol. The Labute approximate surface area is 127 Å². The second-order valence-corrected chi connectivity index (χ2v) is 5.15. The van der Waals surface area contributed by atoms with E-state index >= 15 is 0 Å². The summed E-state index contributed by atoms with van der Waals surface area (Å²) < 4.78 is 34.5. The first kappa shape index (κ1) is 15.0. The predicted molar refractivity (Wildman–Crippen MR) is 78.1 cm³/mol. The molecule has 1 aromatic heterocycles. The van der Waals surface area contributed by atoms with Crippen LogP contribution in [0.25, 0.3) is 0 Å². The molecule has 1 atom stereocenters. The van der Waals surface area contributed by atoms with E-state index in [9.17, 15) is 8.78 Å². The molecule has 22 heavy (non-hydrogen) atoms. The molecule has 1 aliphatic rings. The number of halogens is 2. The Morgan fingerprint density at radius 3 is 2.41 bits per heavy atom. The van der Waals surface area contributed by atoms with E-state index < -0.39 is 6.61 Å². The van der Waals surface area contributed by atoms with Crippen molar-refractivity contribution in [3.8, 4) is 5.75 Å². The summed E-state index contributed by atoms with van der Waals surface area (Å²) in [7, 11) is 0. The number of alkyl halides is 2. The van der Waals surface area contributed by atoms with Crippen LogP contribution in [-0.2, 0) is 0 Å². The molecular formula is C16H18F2N2O2. The smallest absolute Gasteiger partial charge is 0.387 e. The number of piperazine rings is 1. The zero-order valence-electron chi connectivity index (χ0n) is 12.0. The van der Waals surface area contributed by atoms with Crippen LogP contribution in [0.5, 0.6) is 5.75 Å². The average molecular weight is 308 g/mol. The fraction of sp³-hybridized carbons (Fsp3) is 0.375. The fourth-order valence-electron chi connectivity index (χ4n) is 2.77. The minimum absolute atomic E-state index is 0.0160. The van der Waals surface area contributed by atoms with Gasteiger partial charge >= 0.3 is 6.61 Å². The molecule has 3 rings (SSSR count).